The molecule has 0 bridgehead atoms. The van der Waals surface area contributed by atoms with Crippen molar-refractivity contribution in [2.75, 3.05) is 69.3 Å². The number of ether oxygens (including phenoxy) is 2. The zero-order valence-electron chi connectivity index (χ0n) is 28.6. The molecule has 2 heterocycles. The van der Waals surface area contributed by atoms with Crippen LogP contribution < -0.4 is 24.6 Å². The average molecular weight is 681 g/mol. The minimum absolute atomic E-state index is 0.0599. The third-order valence-electron chi connectivity index (χ3n) is 8.96. The van der Waals surface area contributed by atoms with Crippen molar-refractivity contribution in [2.24, 2.45) is 0 Å². The maximum atomic E-state index is 14.2. The number of anilines is 2. The zero-order valence-corrected chi connectivity index (χ0v) is 29.4. The highest BCUT2D eigenvalue weighted by molar-refractivity contribution is 8.03. The number of carbonyl (C=O) groups is 1. The monoisotopic (exact) mass is 680 g/mol. The summed E-state index contributed by atoms with van der Waals surface area (Å²) in [4.78, 5) is 22.5. The van der Waals surface area contributed by atoms with E-state index < -0.39 is 0 Å². The number of rotatable bonds is 12. The third kappa shape index (κ3) is 8.77. The molecule has 0 aromatic heterocycles. The number of amides is 1. The van der Waals surface area contributed by atoms with Gasteiger partial charge in [-0.05, 0) is 86.5 Å². The number of benzene rings is 4. The van der Waals surface area contributed by atoms with Gasteiger partial charge in [0.05, 0.1) is 25.1 Å². The zero-order chi connectivity index (χ0) is 34.2. The molecular formula is C40H45FN4O3S. The molecule has 9 heteroatoms. The Labute approximate surface area is 293 Å². The molecule has 0 spiro atoms. The van der Waals surface area contributed by atoms with Gasteiger partial charge in [-0.3, -0.25) is 9.69 Å². The van der Waals surface area contributed by atoms with Gasteiger partial charge >= 0.3 is 0 Å². The van der Waals surface area contributed by atoms with E-state index in [9.17, 15) is 9.18 Å². The largest absolute Gasteiger partial charge is 0.493 e. The Morgan fingerprint density at radius 3 is 2.49 bits per heavy atom. The van der Waals surface area contributed by atoms with Crippen LogP contribution in [0.25, 0.3) is 6.08 Å². The lowest BCUT2D eigenvalue weighted by molar-refractivity contribution is 0.0951. The van der Waals surface area contributed by atoms with Gasteiger partial charge < -0.3 is 24.6 Å². The number of fused-ring (bicyclic) bond motifs is 1. The fourth-order valence-corrected chi connectivity index (χ4v) is 7.46. The molecule has 4 aromatic rings. The highest BCUT2D eigenvalue weighted by Gasteiger charge is 2.24. The van der Waals surface area contributed by atoms with E-state index >= 15 is 0 Å². The normalized spacial score (nSPS) is 15.6. The number of methoxy groups -OCH3 is 1. The summed E-state index contributed by atoms with van der Waals surface area (Å²) in [6.45, 7) is 10.9. The summed E-state index contributed by atoms with van der Waals surface area (Å²) >= 11 is 1.74. The lowest BCUT2D eigenvalue weighted by atomic mass is 10.1. The first-order valence-electron chi connectivity index (χ1n) is 17.0. The first-order chi connectivity index (χ1) is 23.9. The van der Waals surface area contributed by atoms with Crippen LogP contribution >= 0.6 is 11.8 Å². The van der Waals surface area contributed by atoms with E-state index in [1.165, 1.54) is 22.1 Å². The van der Waals surface area contributed by atoms with Crippen molar-refractivity contribution < 1.29 is 18.7 Å². The van der Waals surface area contributed by atoms with Crippen molar-refractivity contribution in [2.45, 2.75) is 31.7 Å². The molecule has 0 aliphatic carbocycles. The van der Waals surface area contributed by atoms with Gasteiger partial charge in [-0.2, -0.15) is 0 Å². The highest BCUT2D eigenvalue weighted by Crippen LogP contribution is 2.43. The molecule has 0 unspecified atom stereocenters. The number of piperazine rings is 1. The van der Waals surface area contributed by atoms with Gasteiger partial charge in [0.2, 0.25) is 0 Å². The summed E-state index contributed by atoms with van der Waals surface area (Å²) in [6.07, 6.45) is 3.06. The SMILES string of the molecule is CCOc1ccc(/C=C2\CN(Cc3ccc(C)cc3)c3cc(C(=O)NCCCN4CCN(c5ccccc5F)CC4)ccc3S2)cc1OC. The average Bonchev–Trinajstić information content (AvgIpc) is 3.12. The van der Waals surface area contributed by atoms with Gasteiger partial charge in [0.15, 0.2) is 11.5 Å². The molecule has 1 amide bonds. The van der Waals surface area contributed by atoms with Crippen molar-refractivity contribution in [3.63, 3.8) is 0 Å². The number of para-hydroxylation sites is 1. The quantitative estimate of drug-likeness (QED) is 0.155. The van der Waals surface area contributed by atoms with Gasteiger partial charge in [-0.15, -0.1) is 0 Å². The second kappa shape index (κ2) is 16.3. The molecule has 256 valence electrons. The van der Waals surface area contributed by atoms with Gasteiger partial charge in [-0.25, -0.2) is 4.39 Å². The number of hydrogen-bond acceptors (Lipinski definition) is 7. The lowest BCUT2D eigenvalue weighted by Gasteiger charge is -2.36. The van der Waals surface area contributed by atoms with E-state index in [0.29, 0.717) is 30.2 Å². The van der Waals surface area contributed by atoms with Crippen molar-refractivity contribution in [3.8, 4) is 11.5 Å². The van der Waals surface area contributed by atoms with Crippen LogP contribution in [0.1, 0.15) is 40.4 Å². The maximum absolute atomic E-state index is 14.2. The number of nitrogens with one attached hydrogen (secondary N) is 1. The molecule has 1 saturated heterocycles. The summed E-state index contributed by atoms with van der Waals surface area (Å²) < 4.78 is 25.5. The fourth-order valence-electron chi connectivity index (χ4n) is 6.33. The second-order valence-corrected chi connectivity index (χ2v) is 13.6. The summed E-state index contributed by atoms with van der Waals surface area (Å²) in [6, 6.07) is 27.7. The summed E-state index contributed by atoms with van der Waals surface area (Å²) in [7, 11) is 1.66. The van der Waals surface area contributed by atoms with E-state index in [0.717, 1.165) is 74.1 Å². The molecule has 49 heavy (non-hydrogen) atoms. The summed E-state index contributed by atoms with van der Waals surface area (Å²) in [5.41, 5.74) is 5.89. The minimum Gasteiger partial charge on any atom is -0.493 e. The topological polar surface area (TPSA) is 57.3 Å². The van der Waals surface area contributed by atoms with Crippen LogP contribution in [-0.4, -0.2) is 70.3 Å². The fraction of sp³-hybridized carbons (Fsp3) is 0.325. The van der Waals surface area contributed by atoms with Crippen molar-refractivity contribution in [1.29, 1.82) is 0 Å². The minimum atomic E-state index is -0.167. The highest BCUT2D eigenvalue weighted by atomic mass is 32.2. The number of thioether (sulfide) groups is 1. The van der Waals surface area contributed by atoms with Crippen LogP contribution in [0, 0.1) is 12.7 Å². The number of aryl methyl sites for hydroxylation is 1. The van der Waals surface area contributed by atoms with Gasteiger partial charge in [0.25, 0.3) is 5.91 Å². The Bertz CT molecular complexity index is 1770. The maximum Gasteiger partial charge on any atom is 0.251 e. The lowest BCUT2D eigenvalue weighted by Crippen LogP contribution is -2.47. The summed E-state index contributed by atoms with van der Waals surface area (Å²) in [5.74, 6) is 1.22. The van der Waals surface area contributed by atoms with Crippen LogP contribution in [0.5, 0.6) is 11.5 Å². The van der Waals surface area contributed by atoms with Gasteiger partial charge in [-0.1, -0.05) is 59.8 Å². The Morgan fingerprint density at radius 2 is 1.73 bits per heavy atom. The van der Waals surface area contributed by atoms with E-state index in [1.807, 2.05) is 43.3 Å². The Kier molecular flexibility index (Phi) is 11.4. The first kappa shape index (κ1) is 34.4. The predicted octanol–water partition coefficient (Wildman–Crippen LogP) is 7.64. The molecule has 4 aromatic carbocycles. The van der Waals surface area contributed by atoms with Crippen molar-refractivity contribution >= 4 is 35.1 Å². The Balaban J connectivity index is 1.10. The van der Waals surface area contributed by atoms with Crippen LogP contribution in [0.15, 0.2) is 94.7 Å². The number of carbonyl (C=O) groups excluding carboxylic acids is 1. The van der Waals surface area contributed by atoms with E-state index in [1.54, 1.807) is 24.9 Å². The van der Waals surface area contributed by atoms with Crippen molar-refractivity contribution in [1.82, 2.24) is 10.2 Å². The number of halogens is 1. The second-order valence-electron chi connectivity index (χ2n) is 12.5. The van der Waals surface area contributed by atoms with Crippen LogP contribution in [-0.2, 0) is 6.54 Å². The molecule has 7 nitrogen and oxygen atoms in total. The van der Waals surface area contributed by atoms with Crippen molar-refractivity contribution in [3.05, 3.63) is 118 Å². The smallest absolute Gasteiger partial charge is 0.251 e. The molecular weight excluding hydrogens is 636 g/mol. The first-order valence-corrected chi connectivity index (χ1v) is 17.9. The Hall–Kier alpha value is -4.47. The number of hydrogen-bond donors (Lipinski definition) is 1. The molecule has 0 radical (unpaired) electrons. The number of nitrogens with zero attached hydrogens (tertiary/aromatic N) is 3. The standard InChI is InChI=1S/C40H45FN4O3S/c1-4-48-37-16-14-31(25-38(37)47-3)24-33-28-45(27-30-12-10-29(2)11-13-30)36-26-32(15-17-39(36)49-33)40(46)42-18-7-19-43-20-22-44(23-21-43)35-9-6-5-8-34(35)41/h5-6,8-17,24-26H,4,7,18-23,27-28H2,1-3H3,(H,42,46)/b33-24+. The molecule has 1 fully saturated rings. The molecule has 2 aliphatic heterocycles. The molecule has 0 atom stereocenters. The van der Waals surface area contributed by atoms with Gasteiger partial charge in [0, 0.05) is 61.2 Å². The molecule has 0 saturated carbocycles. The summed E-state index contributed by atoms with van der Waals surface area (Å²) in [5, 5.41) is 3.14. The van der Waals surface area contributed by atoms with Gasteiger partial charge in [0.1, 0.15) is 5.82 Å². The van der Waals surface area contributed by atoms with Crippen LogP contribution in [0.2, 0.25) is 0 Å². The third-order valence-corrected chi connectivity index (χ3v) is 10.0. The van der Waals surface area contributed by atoms with E-state index in [2.05, 4.69) is 69.4 Å². The molecule has 1 N–H and O–H groups in total. The molecule has 6 rings (SSSR count). The van der Waals surface area contributed by atoms with Crippen LogP contribution in [0.4, 0.5) is 15.8 Å². The predicted molar refractivity (Wildman–Crippen MR) is 199 cm³/mol. The Morgan fingerprint density at radius 1 is 0.939 bits per heavy atom. The molecule has 2 aliphatic rings. The van der Waals surface area contributed by atoms with E-state index in [4.69, 9.17) is 9.47 Å². The van der Waals surface area contributed by atoms with Crippen LogP contribution in [0.3, 0.4) is 0 Å². The van der Waals surface area contributed by atoms with E-state index in [-0.39, 0.29) is 11.7 Å².